The maximum Gasteiger partial charge on any atom is 0.416 e. The molecule has 4 rings (SSSR count). The van der Waals surface area contributed by atoms with E-state index < -0.39 is 11.7 Å². The number of hydrogen-bond acceptors (Lipinski definition) is 3. The molecule has 0 bridgehead atoms. The number of alkyl halides is 3. The maximum absolute atomic E-state index is 13.6. The highest BCUT2D eigenvalue weighted by Gasteiger charge is 2.35. The van der Waals surface area contributed by atoms with Gasteiger partial charge in [-0.3, -0.25) is 9.78 Å². The van der Waals surface area contributed by atoms with Crippen LogP contribution in [0.15, 0.2) is 48.7 Å². The van der Waals surface area contributed by atoms with E-state index in [9.17, 15) is 18.0 Å². The van der Waals surface area contributed by atoms with Gasteiger partial charge < -0.3 is 10.6 Å². The number of para-hydroxylation sites is 1. The molecule has 7 heteroatoms. The minimum atomic E-state index is -4.48. The maximum atomic E-state index is 13.6. The number of carbonyl (C=O) groups excluding carboxylic acids is 1. The summed E-state index contributed by atoms with van der Waals surface area (Å²) in [4.78, 5) is 17.0. The molecule has 0 atom stereocenters. The summed E-state index contributed by atoms with van der Waals surface area (Å²) in [6, 6.07) is 12.0. The lowest BCUT2D eigenvalue weighted by Gasteiger charge is -2.20. The lowest BCUT2D eigenvalue weighted by molar-refractivity contribution is -0.138. The second-order valence-electron chi connectivity index (χ2n) is 7.89. The number of hydrogen-bond donors (Lipinski definition) is 2. The average Bonchev–Trinajstić information content (AvgIpc) is 3.51. The van der Waals surface area contributed by atoms with Crippen molar-refractivity contribution in [1.29, 1.82) is 0 Å². The first-order valence-corrected chi connectivity index (χ1v) is 9.91. The Balaban J connectivity index is 1.92. The third-order valence-electron chi connectivity index (χ3n) is 5.17. The summed E-state index contributed by atoms with van der Waals surface area (Å²) >= 11 is 0. The number of nitrogens with one attached hydrogen (secondary N) is 2. The van der Waals surface area contributed by atoms with Crippen LogP contribution in [0.2, 0.25) is 0 Å². The first kappa shape index (κ1) is 20.2. The third kappa shape index (κ3) is 4.10. The topological polar surface area (TPSA) is 54.0 Å². The Kier molecular flexibility index (Phi) is 5.13. The molecule has 1 aliphatic carbocycles. The summed E-state index contributed by atoms with van der Waals surface area (Å²) in [5.74, 6) is -0.629. The molecule has 1 fully saturated rings. The van der Waals surface area contributed by atoms with Crippen LogP contribution in [-0.2, 0) is 6.18 Å². The molecule has 0 unspecified atom stereocenters. The molecule has 2 aromatic carbocycles. The number of amides is 1. The van der Waals surface area contributed by atoms with Crippen molar-refractivity contribution in [3.05, 3.63) is 65.4 Å². The van der Waals surface area contributed by atoms with Gasteiger partial charge in [0.1, 0.15) is 0 Å². The van der Waals surface area contributed by atoms with E-state index in [-0.39, 0.29) is 28.9 Å². The summed E-state index contributed by atoms with van der Waals surface area (Å²) in [7, 11) is 0. The zero-order chi connectivity index (χ0) is 21.5. The van der Waals surface area contributed by atoms with Gasteiger partial charge in [-0.2, -0.15) is 13.2 Å². The number of carbonyl (C=O) groups is 1. The normalized spacial score (nSPS) is 14.2. The number of halogens is 3. The van der Waals surface area contributed by atoms with Gasteiger partial charge in [-0.15, -0.1) is 0 Å². The minimum absolute atomic E-state index is 0.150. The fraction of sp³-hybridized carbons (Fsp3) is 0.304. The molecular weight excluding hydrogens is 391 g/mol. The summed E-state index contributed by atoms with van der Waals surface area (Å²) in [6.07, 6.45) is -1.27. The molecule has 1 aliphatic rings. The van der Waals surface area contributed by atoms with Crippen LogP contribution in [0, 0.1) is 0 Å². The highest BCUT2D eigenvalue weighted by molar-refractivity contribution is 6.08. The van der Waals surface area contributed by atoms with Gasteiger partial charge in [-0.05, 0) is 48.6 Å². The van der Waals surface area contributed by atoms with E-state index >= 15 is 0 Å². The van der Waals surface area contributed by atoms with Crippen molar-refractivity contribution < 1.29 is 18.0 Å². The van der Waals surface area contributed by atoms with E-state index in [2.05, 4.69) is 15.6 Å². The molecule has 1 aromatic heterocycles. The van der Waals surface area contributed by atoms with Crippen LogP contribution in [0.3, 0.4) is 0 Å². The molecule has 0 spiro atoms. The number of fused-ring (bicyclic) bond motifs is 1. The molecule has 3 aromatic rings. The quantitative estimate of drug-likeness (QED) is 0.538. The average molecular weight is 413 g/mol. The Morgan fingerprint density at radius 2 is 1.83 bits per heavy atom. The molecule has 0 aliphatic heterocycles. The van der Waals surface area contributed by atoms with Crippen molar-refractivity contribution in [3.63, 3.8) is 0 Å². The number of rotatable bonds is 5. The number of benzene rings is 2. The van der Waals surface area contributed by atoms with Crippen molar-refractivity contribution in [1.82, 2.24) is 10.3 Å². The zero-order valence-corrected chi connectivity index (χ0v) is 16.7. The summed E-state index contributed by atoms with van der Waals surface area (Å²) in [6.45, 7) is 3.44. The Labute approximate surface area is 172 Å². The van der Waals surface area contributed by atoms with Crippen LogP contribution >= 0.6 is 0 Å². The second-order valence-corrected chi connectivity index (χ2v) is 7.89. The monoisotopic (exact) mass is 413 g/mol. The molecule has 4 nitrogen and oxygen atoms in total. The van der Waals surface area contributed by atoms with E-state index in [1.807, 2.05) is 30.3 Å². The Hall–Kier alpha value is -3.09. The Morgan fingerprint density at radius 3 is 2.43 bits per heavy atom. The van der Waals surface area contributed by atoms with Gasteiger partial charge in [0.2, 0.25) is 0 Å². The van der Waals surface area contributed by atoms with E-state index in [1.54, 1.807) is 13.8 Å². The van der Waals surface area contributed by atoms with Crippen LogP contribution in [0.25, 0.3) is 10.9 Å². The number of nitrogens with zero attached hydrogens (tertiary/aromatic N) is 1. The Bertz CT molecular complexity index is 1090. The van der Waals surface area contributed by atoms with Crippen LogP contribution in [0.4, 0.5) is 24.5 Å². The van der Waals surface area contributed by atoms with Crippen molar-refractivity contribution in [3.8, 4) is 0 Å². The smallest absolute Gasteiger partial charge is 0.354 e. The van der Waals surface area contributed by atoms with Gasteiger partial charge >= 0.3 is 6.18 Å². The standard InChI is InChI=1S/C23H22F3N3O/c1-13(2)16-10-17-20(11-19(16)23(24,25)26)27-12-18(22(30)29-15-8-9-15)21(17)28-14-6-4-3-5-7-14/h3-7,10-13,15H,8-9H2,1-2H3,(H,27,28)(H,29,30). The molecule has 30 heavy (non-hydrogen) atoms. The highest BCUT2D eigenvalue weighted by atomic mass is 19.4. The van der Waals surface area contributed by atoms with E-state index in [0.717, 1.165) is 24.6 Å². The zero-order valence-electron chi connectivity index (χ0n) is 16.7. The summed E-state index contributed by atoms with van der Waals surface area (Å²) in [5, 5.41) is 6.65. The highest BCUT2D eigenvalue weighted by Crippen LogP contribution is 2.40. The first-order chi connectivity index (χ1) is 14.2. The Morgan fingerprint density at radius 1 is 1.13 bits per heavy atom. The second kappa shape index (κ2) is 7.63. The molecule has 0 radical (unpaired) electrons. The summed E-state index contributed by atoms with van der Waals surface area (Å²) < 4.78 is 40.9. The minimum Gasteiger partial charge on any atom is -0.354 e. The predicted octanol–water partition coefficient (Wildman–Crippen LogP) is 6.01. The predicted molar refractivity (Wildman–Crippen MR) is 111 cm³/mol. The van der Waals surface area contributed by atoms with Crippen LogP contribution < -0.4 is 10.6 Å². The van der Waals surface area contributed by atoms with Gasteiger partial charge in [0.15, 0.2) is 0 Å². The number of aromatic nitrogens is 1. The van der Waals surface area contributed by atoms with E-state index in [4.69, 9.17) is 0 Å². The van der Waals surface area contributed by atoms with Gasteiger partial charge in [0.25, 0.3) is 5.91 Å². The fourth-order valence-electron chi connectivity index (χ4n) is 3.44. The molecule has 1 saturated carbocycles. The van der Waals surface area contributed by atoms with Crippen molar-refractivity contribution in [2.24, 2.45) is 0 Å². The fourth-order valence-corrected chi connectivity index (χ4v) is 3.44. The van der Waals surface area contributed by atoms with Crippen LogP contribution in [0.5, 0.6) is 0 Å². The van der Waals surface area contributed by atoms with Crippen molar-refractivity contribution in [2.45, 2.75) is 44.8 Å². The summed E-state index contributed by atoms with van der Waals surface area (Å²) in [5.41, 5.74) is 1.17. The molecule has 2 N–H and O–H groups in total. The molecule has 156 valence electrons. The molecule has 1 amide bonds. The van der Waals surface area contributed by atoms with Crippen molar-refractivity contribution >= 4 is 28.2 Å². The van der Waals surface area contributed by atoms with E-state index in [1.165, 1.54) is 12.3 Å². The number of anilines is 2. The van der Waals surface area contributed by atoms with Gasteiger partial charge in [0.05, 0.1) is 22.3 Å². The SMILES string of the molecule is CC(C)c1cc2c(Nc3ccccc3)c(C(=O)NC3CC3)cnc2cc1C(F)(F)F. The van der Waals surface area contributed by atoms with Crippen LogP contribution in [0.1, 0.15) is 54.1 Å². The van der Waals surface area contributed by atoms with Crippen molar-refractivity contribution in [2.75, 3.05) is 5.32 Å². The first-order valence-electron chi connectivity index (χ1n) is 9.91. The lowest BCUT2D eigenvalue weighted by Crippen LogP contribution is -2.26. The number of pyridine rings is 1. The molecular formula is C23H22F3N3O. The van der Waals surface area contributed by atoms with E-state index in [0.29, 0.717) is 16.6 Å². The van der Waals surface area contributed by atoms with Gasteiger partial charge in [-0.25, -0.2) is 0 Å². The van der Waals surface area contributed by atoms with Gasteiger partial charge in [0, 0.05) is 23.3 Å². The molecule has 0 saturated heterocycles. The van der Waals surface area contributed by atoms with Crippen LogP contribution in [-0.4, -0.2) is 16.9 Å². The largest absolute Gasteiger partial charge is 0.416 e. The lowest BCUT2D eigenvalue weighted by atomic mass is 9.93. The van der Waals surface area contributed by atoms with Gasteiger partial charge in [-0.1, -0.05) is 32.0 Å². The third-order valence-corrected chi connectivity index (χ3v) is 5.17. The molecule has 1 heterocycles.